The molecule has 2 atom stereocenters. The van der Waals surface area contributed by atoms with Gasteiger partial charge in [0, 0.05) is 17.9 Å². The summed E-state index contributed by atoms with van der Waals surface area (Å²) in [6.07, 6.45) is 2.05. The van der Waals surface area contributed by atoms with E-state index in [4.69, 9.17) is 4.28 Å². The van der Waals surface area contributed by atoms with Crippen molar-refractivity contribution in [3.63, 3.8) is 0 Å². The van der Waals surface area contributed by atoms with Gasteiger partial charge in [0.25, 0.3) is 0 Å². The largest absolute Gasteiger partial charge is 0.315 e. The van der Waals surface area contributed by atoms with E-state index in [2.05, 4.69) is 0 Å². The Hall–Kier alpha value is -1.76. The quantitative estimate of drug-likeness (QED) is 0.645. The predicted molar refractivity (Wildman–Crippen MR) is 99.0 cm³/mol. The van der Waals surface area contributed by atoms with Crippen LogP contribution >= 0.6 is 0 Å². The van der Waals surface area contributed by atoms with Crippen molar-refractivity contribution in [3.05, 3.63) is 42.5 Å². The Bertz CT molecular complexity index is 977. The van der Waals surface area contributed by atoms with Crippen LogP contribution in [0.1, 0.15) is 33.1 Å². The molecule has 138 valence electrons. The van der Waals surface area contributed by atoms with E-state index in [9.17, 15) is 13.2 Å². The van der Waals surface area contributed by atoms with Crippen molar-refractivity contribution in [1.29, 1.82) is 0 Å². The normalized spacial score (nSPS) is 27.3. The number of Topliss-reactive ketones (excluding diaryl/α,β-unsaturated/α-hetero) is 1. The zero-order valence-electron chi connectivity index (χ0n) is 15.1. The molecular weight excluding hydrogens is 350 g/mol. The van der Waals surface area contributed by atoms with Gasteiger partial charge in [-0.1, -0.05) is 48.5 Å². The number of carbonyl (C=O) groups excluding carboxylic acids is 1. The van der Waals surface area contributed by atoms with Gasteiger partial charge in [-0.2, -0.15) is 13.9 Å². The van der Waals surface area contributed by atoms with E-state index in [-0.39, 0.29) is 22.9 Å². The van der Waals surface area contributed by atoms with Crippen molar-refractivity contribution in [2.45, 2.75) is 33.1 Å². The summed E-state index contributed by atoms with van der Waals surface area (Å²) in [5.41, 5.74) is 0.918. The highest BCUT2D eigenvalue weighted by Gasteiger charge is 2.65. The lowest BCUT2D eigenvalue weighted by Crippen LogP contribution is -2.78. The first-order valence-electron chi connectivity index (χ1n) is 9.00. The monoisotopic (exact) mass is 374 g/mol. The molecule has 2 aromatic carbocycles. The summed E-state index contributed by atoms with van der Waals surface area (Å²) in [7, 11) is -3.86. The molecule has 5 nitrogen and oxygen atoms in total. The van der Waals surface area contributed by atoms with Crippen LogP contribution < -0.4 is 5.48 Å². The van der Waals surface area contributed by atoms with Crippen LogP contribution in [0.2, 0.25) is 0 Å². The Morgan fingerprint density at radius 2 is 1.88 bits per heavy atom. The summed E-state index contributed by atoms with van der Waals surface area (Å²) in [5, 5.41) is 1.95. The van der Waals surface area contributed by atoms with Crippen molar-refractivity contribution in [2.24, 2.45) is 16.7 Å². The lowest BCUT2D eigenvalue weighted by atomic mass is 9.70. The topological polar surface area (TPSA) is 77.1 Å². The molecule has 2 aliphatic rings. The van der Waals surface area contributed by atoms with Crippen molar-refractivity contribution in [2.75, 3.05) is 5.75 Å². The first-order chi connectivity index (χ1) is 12.3. The van der Waals surface area contributed by atoms with Gasteiger partial charge in [-0.05, 0) is 35.6 Å². The van der Waals surface area contributed by atoms with Gasteiger partial charge in [0.2, 0.25) is 0 Å². The number of hydrogen-bond acceptors (Lipinski definition) is 4. The lowest BCUT2D eigenvalue weighted by molar-refractivity contribution is -0.794. The first-order valence-corrected chi connectivity index (χ1v) is 10.6. The number of rotatable bonds is 5. The lowest BCUT2D eigenvalue weighted by Gasteiger charge is -2.35. The average Bonchev–Trinajstić information content (AvgIpc) is 2.94. The predicted octanol–water partition coefficient (Wildman–Crippen LogP) is 2.69. The molecule has 0 heterocycles. The highest BCUT2D eigenvalue weighted by molar-refractivity contribution is 7.86. The molecule has 2 aliphatic carbocycles. The third-order valence-corrected chi connectivity index (χ3v) is 7.94. The molecule has 4 rings (SSSR count). The van der Waals surface area contributed by atoms with Crippen LogP contribution in [0.5, 0.6) is 0 Å². The number of carbonyl (C=O) groups is 1. The fourth-order valence-electron chi connectivity index (χ4n) is 4.92. The van der Waals surface area contributed by atoms with E-state index in [1.807, 2.05) is 56.3 Å². The van der Waals surface area contributed by atoms with Gasteiger partial charge >= 0.3 is 10.1 Å². The molecule has 2 aromatic rings. The van der Waals surface area contributed by atoms with Crippen LogP contribution in [0.25, 0.3) is 10.8 Å². The molecule has 0 radical (unpaired) electrons. The summed E-state index contributed by atoms with van der Waals surface area (Å²) in [5.74, 6) is 0.132. The van der Waals surface area contributed by atoms with Crippen LogP contribution in [0.15, 0.2) is 42.5 Å². The smallest absolute Gasteiger partial charge is 0.299 e. The number of fused-ring (bicyclic) bond motifs is 3. The minimum absolute atomic E-state index is 0.0797. The summed E-state index contributed by atoms with van der Waals surface area (Å²) < 4.78 is 30.7. The fourth-order valence-corrected chi connectivity index (χ4v) is 6.52. The summed E-state index contributed by atoms with van der Waals surface area (Å²) >= 11 is 0. The van der Waals surface area contributed by atoms with Crippen molar-refractivity contribution < 1.29 is 23.0 Å². The van der Waals surface area contributed by atoms with E-state index in [0.29, 0.717) is 18.5 Å². The Labute approximate surface area is 153 Å². The number of ketones is 1. The van der Waals surface area contributed by atoms with Gasteiger partial charge < -0.3 is 0 Å². The van der Waals surface area contributed by atoms with E-state index < -0.39 is 15.5 Å². The maximum Gasteiger partial charge on any atom is 0.315 e. The Morgan fingerprint density at radius 1 is 1.15 bits per heavy atom. The van der Waals surface area contributed by atoms with Crippen molar-refractivity contribution in [1.82, 2.24) is 0 Å². The van der Waals surface area contributed by atoms with Crippen LogP contribution in [-0.2, 0) is 19.2 Å². The third-order valence-electron chi connectivity index (χ3n) is 6.71. The second kappa shape index (κ2) is 5.87. The second-order valence-corrected chi connectivity index (χ2v) is 9.75. The average molecular weight is 374 g/mol. The molecular formula is C20H24NO4S+. The number of hydrogen-bond donors (Lipinski definition) is 1. The Balaban J connectivity index is 1.56. The maximum absolute atomic E-state index is 12.7. The molecule has 0 amide bonds. The first kappa shape index (κ1) is 17.6. The molecule has 0 aliphatic heterocycles. The molecule has 2 fully saturated rings. The van der Waals surface area contributed by atoms with Crippen LogP contribution in [0, 0.1) is 16.7 Å². The molecule has 26 heavy (non-hydrogen) atoms. The molecule has 6 heteroatoms. The molecule has 2 bridgehead atoms. The Morgan fingerprint density at radius 3 is 2.58 bits per heavy atom. The summed E-state index contributed by atoms with van der Waals surface area (Å²) in [6.45, 7) is 4.05. The minimum Gasteiger partial charge on any atom is -0.299 e. The number of quaternary nitrogens is 1. The SMILES string of the molecule is CC1(C)C2CCC1(CS(=O)(=O)O[NH2+]c1cccc3ccccc13)C(=O)C2. The number of benzene rings is 2. The molecule has 2 N–H and O–H groups in total. The molecule has 2 saturated carbocycles. The minimum atomic E-state index is -3.86. The molecule has 0 aromatic heterocycles. The number of nitrogens with two attached hydrogens (primary N) is 1. The summed E-state index contributed by atoms with van der Waals surface area (Å²) in [4.78, 5) is 12.6. The van der Waals surface area contributed by atoms with Gasteiger partial charge in [0.05, 0.1) is 11.2 Å². The Kier molecular flexibility index (Phi) is 3.99. The zero-order chi connectivity index (χ0) is 18.6. The highest BCUT2D eigenvalue weighted by Crippen LogP contribution is 2.64. The van der Waals surface area contributed by atoms with Crippen molar-refractivity contribution in [3.8, 4) is 0 Å². The van der Waals surface area contributed by atoms with Gasteiger partial charge in [-0.15, -0.1) is 0 Å². The van der Waals surface area contributed by atoms with Gasteiger partial charge in [0.15, 0.2) is 5.69 Å². The fraction of sp³-hybridized carbons (Fsp3) is 0.450. The van der Waals surface area contributed by atoms with E-state index in [0.717, 1.165) is 17.2 Å². The van der Waals surface area contributed by atoms with Gasteiger partial charge in [-0.3, -0.25) is 4.79 Å². The standard InChI is InChI=1S/C20H23NO4S/c1-19(2)15-10-11-20(19,18(22)12-15)13-26(23,24)25-21-17-9-5-7-14-6-3-4-8-16(14)17/h3-9,15,21H,10-13H2,1-2H3/p+1. The van der Waals surface area contributed by atoms with E-state index in [1.165, 1.54) is 5.48 Å². The van der Waals surface area contributed by atoms with Gasteiger partial charge in [0.1, 0.15) is 5.78 Å². The molecule has 2 unspecified atom stereocenters. The molecule has 0 saturated heterocycles. The van der Waals surface area contributed by atoms with E-state index >= 15 is 0 Å². The zero-order valence-corrected chi connectivity index (χ0v) is 15.9. The van der Waals surface area contributed by atoms with Crippen molar-refractivity contribution >= 4 is 32.4 Å². The third kappa shape index (κ3) is 2.59. The summed E-state index contributed by atoms with van der Waals surface area (Å²) in [6, 6.07) is 13.4. The maximum atomic E-state index is 12.7. The van der Waals surface area contributed by atoms with Crippen LogP contribution in [0.3, 0.4) is 0 Å². The van der Waals surface area contributed by atoms with Crippen LogP contribution in [0.4, 0.5) is 5.69 Å². The van der Waals surface area contributed by atoms with Gasteiger partial charge in [-0.25, -0.2) is 0 Å². The highest BCUT2D eigenvalue weighted by atomic mass is 32.2. The molecule has 0 spiro atoms. The van der Waals surface area contributed by atoms with Crippen LogP contribution in [-0.4, -0.2) is 20.0 Å². The van der Waals surface area contributed by atoms with E-state index in [1.54, 1.807) is 0 Å². The second-order valence-electron chi connectivity index (χ2n) is 8.15.